The first-order chi connectivity index (χ1) is 16.6. The molecule has 1 rings (SSSR count). The van der Waals surface area contributed by atoms with E-state index in [4.69, 9.17) is 4.79 Å². The van der Waals surface area contributed by atoms with Gasteiger partial charge in [0.2, 0.25) is 0 Å². The minimum absolute atomic E-state index is 0.0869. The molecule has 0 aliphatic heterocycles. The average molecular weight is 491 g/mol. The quantitative estimate of drug-likeness (QED) is 0.147. The SMILES string of the molecule is C/C=C/C1CCCC1.CC.CC.CC.CC.CC=O.CCCCC.CCCCCCC(=O)OC. The van der Waals surface area contributed by atoms with Gasteiger partial charge in [-0.3, -0.25) is 4.79 Å². The van der Waals surface area contributed by atoms with Gasteiger partial charge < -0.3 is 9.53 Å². The molecule has 0 N–H and O–H groups in total. The molecule has 1 saturated carbocycles. The number of methoxy groups -OCH3 is 1. The first kappa shape index (κ1) is 49.9. The Morgan fingerprint density at radius 1 is 0.735 bits per heavy atom. The third-order valence-electron chi connectivity index (χ3n) is 4.03. The van der Waals surface area contributed by atoms with Crippen LogP contribution in [-0.2, 0) is 14.3 Å². The molecule has 0 atom stereocenters. The van der Waals surface area contributed by atoms with E-state index in [9.17, 15) is 4.79 Å². The third-order valence-corrected chi connectivity index (χ3v) is 4.03. The standard InChI is InChI=1S/C8H16O2.C8H14.C5H12.C2H4O.4C2H6/c1-3-4-5-6-7-8(9)10-2;1-2-5-8-6-3-4-7-8;1-3-5-4-2;1-2-3;4*1-2/h3-7H2,1-2H3;2,5,8H,3-4,6-7H2,1H3;3-5H2,1-2H3;2H,1H3;4*1-2H3/b;5-2+;;;;;;. The Morgan fingerprint density at radius 2 is 1.12 bits per heavy atom. The summed E-state index contributed by atoms with van der Waals surface area (Å²) in [5.41, 5.74) is 0. The maximum Gasteiger partial charge on any atom is 0.305 e. The number of hydrogen-bond acceptors (Lipinski definition) is 3. The predicted molar refractivity (Wildman–Crippen MR) is 160 cm³/mol. The van der Waals surface area contributed by atoms with Crippen molar-refractivity contribution in [2.45, 2.75) is 167 Å². The molecule has 1 aliphatic rings. The van der Waals surface area contributed by atoms with Crippen LogP contribution < -0.4 is 0 Å². The molecule has 0 unspecified atom stereocenters. The Hall–Kier alpha value is -1.12. The van der Waals surface area contributed by atoms with Crippen molar-refractivity contribution in [1.82, 2.24) is 0 Å². The smallest absolute Gasteiger partial charge is 0.305 e. The summed E-state index contributed by atoms with van der Waals surface area (Å²) in [4.78, 5) is 19.4. The normalized spacial score (nSPS) is 10.5. The lowest BCUT2D eigenvalue weighted by molar-refractivity contribution is -0.140. The van der Waals surface area contributed by atoms with E-state index in [0.717, 1.165) is 25.0 Å². The Labute approximate surface area is 218 Å². The van der Waals surface area contributed by atoms with Gasteiger partial charge in [0.1, 0.15) is 6.29 Å². The molecule has 1 aliphatic carbocycles. The first-order valence-electron chi connectivity index (χ1n) is 14.7. The number of carbonyl (C=O) groups is 2. The van der Waals surface area contributed by atoms with E-state index in [1.807, 2.05) is 55.4 Å². The topological polar surface area (TPSA) is 43.4 Å². The summed E-state index contributed by atoms with van der Waals surface area (Å²) in [7, 11) is 1.43. The van der Waals surface area contributed by atoms with Crippen molar-refractivity contribution in [2.75, 3.05) is 7.11 Å². The molecule has 0 aromatic heterocycles. The molecule has 0 aromatic rings. The molecule has 0 saturated heterocycles. The minimum Gasteiger partial charge on any atom is -0.469 e. The minimum atomic E-state index is -0.0869. The van der Waals surface area contributed by atoms with Crippen LogP contribution in [0.4, 0.5) is 0 Å². The Morgan fingerprint density at radius 3 is 1.38 bits per heavy atom. The van der Waals surface area contributed by atoms with E-state index in [-0.39, 0.29) is 5.97 Å². The number of carbonyl (C=O) groups excluding carboxylic acids is 2. The summed E-state index contributed by atoms with van der Waals surface area (Å²) in [5.74, 6) is 0.844. The third kappa shape index (κ3) is 77.3. The summed E-state index contributed by atoms with van der Waals surface area (Å²) in [6.45, 7) is 26.1. The molecule has 34 heavy (non-hydrogen) atoms. The van der Waals surface area contributed by atoms with Gasteiger partial charge >= 0.3 is 5.97 Å². The van der Waals surface area contributed by atoms with Crippen LogP contribution in [0.25, 0.3) is 0 Å². The zero-order valence-corrected chi connectivity index (χ0v) is 26.5. The fourth-order valence-electron chi connectivity index (χ4n) is 2.57. The number of hydrogen-bond donors (Lipinski definition) is 0. The molecule has 0 heterocycles. The van der Waals surface area contributed by atoms with Crippen LogP contribution in [0, 0.1) is 5.92 Å². The van der Waals surface area contributed by atoms with E-state index in [0.29, 0.717) is 6.42 Å². The lowest BCUT2D eigenvalue weighted by atomic mass is 10.1. The highest BCUT2D eigenvalue weighted by Crippen LogP contribution is 2.25. The lowest BCUT2D eigenvalue weighted by Gasteiger charge is -1.97. The summed E-state index contributed by atoms with van der Waals surface area (Å²) >= 11 is 0. The zero-order chi connectivity index (χ0) is 28.5. The number of ether oxygens (including phenoxy) is 1. The van der Waals surface area contributed by atoms with Crippen molar-refractivity contribution in [3.05, 3.63) is 12.2 Å². The van der Waals surface area contributed by atoms with Crippen molar-refractivity contribution in [2.24, 2.45) is 5.92 Å². The molecule has 212 valence electrons. The van der Waals surface area contributed by atoms with Crippen LogP contribution >= 0.6 is 0 Å². The van der Waals surface area contributed by atoms with Crippen LogP contribution in [0.1, 0.15) is 167 Å². The summed E-state index contributed by atoms with van der Waals surface area (Å²) in [5, 5.41) is 0. The largest absolute Gasteiger partial charge is 0.469 e. The molecule has 0 amide bonds. The maximum absolute atomic E-state index is 10.6. The number of allylic oxidation sites excluding steroid dienone is 2. The van der Waals surface area contributed by atoms with Gasteiger partial charge in [0.05, 0.1) is 7.11 Å². The van der Waals surface area contributed by atoms with Crippen LogP contribution in [0.3, 0.4) is 0 Å². The molecule has 3 nitrogen and oxygen atoms in total. The maximum atomic E-state index is 10.6. The van der Waals surface area contributed by atoms with Crippen LogP contribution in [0.5, 0.6) is 0 Å². The van der Waals surface area contributed by atoms with Gasteiger partial charge in [-0.1, -0.05) is 140 Å². The number of esters is 1. The molecule has 0 bridgehead atoms. The second-order valence-corrected chi connectivity index (χ2v) is 6.55. The molecular weight excluding hydrogens is 420 g/mol. The highest BCUT2D eigenvalue weighted by Gasteiger charge is 2.09. The van der Waals surface area contributed by atoms with E-state index in [2.05, 4.69) is 44.6 Å². The van der Waals surface area contributed by atoms with Crippen LogP contribution in [-0.4, -0.2) is 19.4 Å². The van der Waals surface area contributed by atoms with Gasteiger partial charge in [0.15, 0.2) is 0 Å². The van der Waals surface area contributed by atoms with Crippen molar-refractivity contribution < 1.29 is 14.3 Å². The van der Waals surface area contributed by atoms with Crippen LogP contribution in [0.2, 0.25) is 0 Å². The summed E-state index contributed by atoms with van der Waals surface area (Å²) in [6.07, 6.45) is 20.2. The van der Waals surface area contributed by atoms with Crippen molar-refractivity contribution in [1.29, 1.82) is 0 Å². The highest BCUT2D eigenvalue weighted by atomic mass is 16.5. The van der Waals surface area contributed by atoms with E-state index in [1.54, 1.807) is 0 Å². The second-order valence-electron chi connectivity index (χ2n) is 6.55. The average Bonchev–Trinajstić information content (AvgIpc) is 3.42. The summed E-state index contributed by atoms with van der Waals surface area (Å²) < 4.78 is 4.49. The van der Waals surface area contributed by atoms with Gasteiger partial charge in [0.25, 0.3) is 0 Å². The van der Waals surface area contributed by atoms with Crippen molar-refractivity contribution in [3.63, 3.8) is 0 Å². The molecular formula is C31H70O3. The summed E-state index contributed by atoms with van der Waals surface area (Å²) in [6, 6.07) is 0. The number of rotatable bonds is 8. The zero-order valence-electron chi connectivity index (χ0n) is 26.5. The fourth-order valence-corrected chi connectivity index (χ4v) is 2.57. The first-order valence-corrected chi connectivity index (χ1v) is 14.7. The Kier molecular flexibility index (Phi) is 102. The second kappa shape index (κ2) is 69.7. The molecule has 0 spiro atoms. The molecule has 3 heteroatoms. The van der Waals surface area contributed by atoms with Gasteiger partial charge in [-0.25, -0.2) is 0 Å². The number of aldehydes is 1. The van der Waals surface area contributed by atoms with E-state index < -0.39 is 0 Å². The highest BCUT2D eigenvalue weighted by molar-refractivity contribution is 5.68. The van der Waals surface area contributed by atoms with E-state index in [1.165, 1.54) is 71.8 Å². The molecule has 0 radical (unpaired) electrons. The van der Waals surface area contributed by atoms with Crippen molar-refractivity contribution in [3.8, 4) is 0 Å². The van der Waals surface area contributed by atoms with E-state index >= 15 is 0 Å². The van der Waals surface area contributed by atoms with Crippen molar-refractivity contribution >= 4 is 12.3 Å². The monoisotopic (exact) mass is 491 g/mol. The van der Waals surface area contributed by atoms with Gasteiger partial charge in [-0.05, 0) is 39.0 Å². The van der Waals surface area contributed by atoms with Gasteiger partial charge in [0, 0.05) is 6.42 Å². The Balaban J connectivity index is -0.0000000545. The van der Waals surface area contributed by atoms with Gasteiger partial charge in [-0.2, -0.15) is 0 Å². The molecule has 1 fully saturated rings. The van der Waals surface area contributed by atoms with Crippen LogP contribution in [0.15, 0.2) is 12.2 Å². The fraction of sp³-hybridized carbons (Fsp3) is 0.871. The number of unbranched alkanes of at least 4 members (excludes halogenated alkanes) is 5. The lowest BCUT2D eigenvalue weighted by Crippen LogP contribution is -1.98. The molecule has 0 aromatic carbocycles. The van der Waals surface area contributed by atoms with Gasteiger partial charge in [-0.15, -0.1) is 0 Å². The Bertz CT molecular complexity index is 291. The predicted octanol–water partition coefficient (Wildman–Crippen LogP) is 11.4.